The highest BCUT2D eigenvalue weighted by molar-refractivity contribution is 5.93. The summed E-state index contributed by atoms with van der Waals surface area (Å²) in [5.41, 5.74) is 5.97. The van der Waals surface area contributed by atoms with E-state index in [0.29, 0.717) is 6.54 Å². The standard InChI is InChI=1S/C22H26N4O/c1-16-10-8-9-11-19(16)14-25(4)15-21(27)23-22-17(2)24-26(18(22)3)20-12-6-5-7-13-20/h5-13H,14-15H2,1-4H3,(H,23,27). The first-order chi connectivity index (χ1) is 13.0. The lowest BCUT2D eigenvalue weighted by Crippen LogP contribution is -2.30. The molecule has 0 radical (unpaired) electrons. The summed E-state index contributed by atoms with van der Waals surface area (Å²) in [6.07, 6.45) is 0. The van der Waals surface area contributed by atoms with Crippen molar-refractivity contribution in [1.29, 1.82) is 0 Å². The molecule has 3 aromatic rings. The van der Waals surface area contributed by atoms with Gasteiger partial charge < -0.3 is 5.32 Å². The van der Waals surface area contributed by atoms with E-state index >= 15 is 0 Å². The predicted molar refractivity (Wildman–Crippen MR) is 109 cm³/mol. The Morgan fingerprint density at radius 2 is 1.70 bits per heavy atom. The van der Waals surface area contributed by atoms with Gasteiger partial charge in [-0.15, -0.1) is 0 Å². The van der Waals surface area contributed by atoms with Crippen molar-refractivity contribution >= 4 is 11.6 Å². The maximum absolute atomic E-state index is 12.6. The number of anilines is 1. The van der Waals surface area contributed by atoms with Gasteiger partial charge in [-0.05, 0) is 51.1 Å². The molecule has 140 valence electrons. The van der Waals surface area contributed by atoms with Crippen molar-refractivity contribution in [3.05, 3.63) is 77.1 Å². The number of benzene rings is 2. The van der Waals surface area contributed by atoms with Crippen LogP contribution in [0.4, 0.5) is 5.69 Å². The fourth-order valence-corrected chi connectivity index (χ4v) is 3.20. The summed E-state index contributed by atoms with van der Waals surface area (Å²) in [6, 6.07) is 18.2. The number of aromatic nitrogens is 2. The van der Waals surface area contributed by atoms with E-state index in [9.17, 15) is 4.79 Å². The summed E-state index contributed by atoms with van der Waals surface area (Å²) in [5, 5.41) is 7.62. The molecule has 0 aliphatic rings. The predicted octanol–water partition coefficient (Wildman–Crippen LogP) is 3.87. The molecule has 0 aliphatic carbocycles. The topological polar surface area (TPSA) is 50.2 Å². The number of aryl methyl sites for hydroxylation is 2. The maximum Gasteiger partial charge on any atom is 0.238 e. The molecule has 27 heavy (non-hydrogen) atoms. The fourth-order valence-electron chi connectivity index (χ4n) is 3.20. The van der Waals surface area contributed by atoms with Gasteiger partial charge in [0.15, 0.2) is 0 Å². The maximum atomic E-state index is 12.6. The zero-order chi connectivity index (χ0) is 19.4. The Morgan fingerprint density at radius 3 is 2.41 bits per heavy atom. The Kier molecular flexibility index (Phi) is 5.72. The van der Waals surface area contributed by atoms with E-state index in [2.05, 4.69) is 29.5 Å². The normalized spacial score (nSPS) is 11.0. The lowest BCUT2D eigenvalue weighted by atomic mass is 10.1. The summed E-state index contributed by atoms with van der Waals surface area (Å²) < 4.78 is 1.86. The second-order valence-corrected chi connectivity index (χ2v) is 6.94. The summed E-state index contributed by atoms with van der Waals surface area (Å²) >= 11 is 0. The summed E-state index contributed by atoms with van der Waals surface area (Å²) in [7, 11) is 1.96. The first kappa shape index (κ1) is 18.9. The van der Waals surface area contributed by atoms with E-state index in [-0.39, 0.29) is 5.91 Å². The third-order valence-corrected chi connectivity index (χ3v) is 4.67. The monoisotopic (exact) mass is 362 g/mol. The summed E-state index contributed by atoms with van der Waals surface area (Å²) in [4.78, 5) is 14.6. The molecule has 1 N–H and O–H groups in total. The minimum absolute atomic E-state index is 0.0371. The highest BCUT2D eigenvalue weighted by Crippen LogP contribution is 2.22. The lowest BCUT2D eigenvalue weighted by molar-refractivity contribution is -0.117. The number of hydrogen-bond donors (Lipinski definition) is 1. The number of likely N-dealkylation sites (N-methyl/N-ethyl adjacent to an activating group) is 1. The van der Waals surface area contributed by atoms with Gasteiger partial charge >= 0.3 is 0 Å². The molecule has 1 amide bonds. The number of rotatable bonds is 6. The van der Waals surface area contributed by atoms with Gasteiger partial charge in [-0.25, -0.2) is 4.68 Å². The number of carbonyl (C=O) groups excluding carboxylic acids is 1. The van der Waals surface area contributed by atoms with Gasteiger partial charge in [-0.3, -0.25) is 9.69 Å². The molecular weight excluding hydrogens is 336 g/mol. The molecule has 0 spiro atoms. The van der Waals surface area contributed by atoms with Gasteiger partial charge in [-0.2, -0.15) is 5.10 Å². The van der Waals surface area contributed by atoms with Crippen molar-refractivity contribution in [1.82, 2.24) is 14.7 Å². The van der Waals surface area contributed by atoms with Gasteiger partial charge in [0.05, 0.1) is 29.3 Å². The summed E-state index contributed by atoms with van der Waals surface area (Å²) in [5.74, 6) is -0.0371. The minimum Gasteiger partial charge on any atom is -0.322 e. The molecule has 0 fully saturated rings. The van der Waals surface area contributed by atoms with Crippen LogP contribution in [0.15, 0.2) is 54.6 Å². The third-order valence-electron chi connectivity index (χ3n) is 4.67. The number of carbonyl (C=O) groups is 1. The van der Waals surface area contributed by atoms with E-state index in [1.54, 1.807) is 0 Å². The van der Waals surface area contributed by atoms with Crippen molar-refractivity contribution in [3.63, 3.8) is 0 Å². The summed E-state index contributed by atoms with van der Waals surface area (Å²) in [6.45, 7) is 7.04. The van der Waals surface area contributed by atoms with E-state index < -0.39 is 0 Å². The zero-order valence-electron chi connectivity index (χ0n) is 16.4. The smallest absolute Gasteiger partial charge is 0.238 e. The van der Waals surface area contributed by atoms with E-state index in [4.69, 9.17) is 0 Å². The Balaban J connectivity index is 1.68. The van der Waals surface area contributed by atoms with Crippen molar-refractivity contribution in [2.75, 3.05) is 18.9 Å². The first-order valence-corrected chi connectivity index (χ1v) is 9.10. The SMILES string of the molecule is Cc1ccccc1CN(C)CC(=O)Nc1c(C)nn(-c2ccccc2)c1C. The minimum atomic E-state index is -0.0371. The molecule has 0 saturated carbocycles. The number of nitrogens with one attached hydrogen (secondary N) is 1. The molecule has 3 rings (SSSR count). The van der Waals surface area contributed by atoms with Crippen LogP contribution >= 0.6 is 0 Å². The van der Waals surface area contributed by atoms with Crippen molar-refractivity contribution in [2.45, 2.75) is 27.3 Å². The van der Waals surface area contributed by atoms with E-state index in [0.717, 1.165) is 29.3 Å². The average molecular weight is 362 g/mol. The third kappa shape index (κ3) is 4.44. The largest absolute Gasteiger partial charge is 0.322 e. The van der Waals surface area contributed by atoms with Crippen LogP contribution in [-0.4, -0.2) is 34.2 Å². The fraction of sp³-hybridized carbons (Fsp3) is 0.273. The molecule has 1 heterocycles. The lowest BCUT2D eigenvalue weighted by Gasteiger charge is -2.17. The molecule has 0 saturated heterocycles. The van der Waals surface area contributed by atoms with Crippen molar-refractivity contribution in [2.24, 2.45) is 0 Å². The Labute approximate surface area is 160 Å². The van der Waals surface area contributed by atoms with Gasteiger partial charge in [0.2, 0.25) is 5.91 Å². The van der Waals surface area contributed by atoms with E-state index in [1.807, 2.05) is 72.9 Å². The Morgan fingerprint density at radius 1 is 1.04 bits per heavy atom. The van der Waals surface area contributed by atoms with Crippen LogP contribution in [-0.2, 0) is 11.3 Å². The van der Waals surface area contributed by atoms with Crippen LogP contribution in [0.25, 0.3) is 5.69 Å². The molecule has 0 aliphatic heterocycles. The van der Waals surface area contributed by atoms with Crippen LogP contribution in [0.3, 0.4) is 0 Å². The van der Waals surface area contributed by atoms with Crippen LogP contribution in [0, 0.1) is 20.8 Å². The van der Waals surface area contributed by atoms with Gasteiger partial charge in [0.25, 0.3) is 0 Å². The highest BCUT2D eigenvalue weighted by Gasteiger charge is 2.16. The molecule has 0 bridgehead atoms. The van der Waals surface area contributed by atoms with E-state index in [1.165, 1.54) is 11.1 Å². The average Bonchev–Trinajstić information content (AvgIpc) is 2.92. The second-order valence-electron chi connectivity index (χ2n) is 6.94. The van der Waals surface area contributed by atoms with Crippen LogP contribution < -0.4 is 5.32 Å². The van der Waals surface area contributed by atoms with Gasteiger partial charge in [0.1, 0.15) is 0 Å². The van der Waals surface area contributed by atoms with Crippen LogP contribution in [0.5, 0.6) is 0 Å². The Bertz CT molecular complexity index is 931. The number of para-hydroxylation sites is 1. The van der Waals surface area contributed by atoms with Crippen molar-refractivity contribution < 1.29 is 4.79 Å². The molecule has 2 aromatic carbocycles. The molecular formula is C22H26N4O. The molecule has 5 heteroatoms. The highest BCUT2D eigenvalue weighted by atomic mass is 16.2. The quantitative estimate of drug-likeness (QED) is 0.724. The number of amides is 1. The molecule has 5 nitrogen and oxygen atoms in total. The van der Waals surface area contributed by atoms with Crippen LogP contribution in [0.2, 0.25) is 0 Å². The molecule has 1 aromatic heterocycles. The Hall–Kier alpha value is -2.92. The van der Waals surface area contributed by atoms with Crippen molar-refractivity contribution in [3.8, 4) is 5.69 Å². The second kappa shape index (κ2) is 8.18. The number of nitrogens with zero attached hydrogens (tertiary/aromatic N) is 3. The van der Waals surface area contributed by atoms with Gasteiger partial charge in [-0.1, -0.05) is 42.5 Å². The van der Waals surface area contributed by atoms with Crippen LogP contribution in [0.1, 0.15) is 22.5 Å². The molecule has 0 atom stereocenters. The first-order valence-electron chi connectivity index (χ1n) is 9.10. The van der Waals surface area contributed by atoms with Gasteiger partial charge in [0, 0.05) is 6.54 Å². The number of hydrogen-bond acceptors (Lipinski definition) is 3. The zero-order valence-corrected chi connectivity index (χ0v) is 16.4. The molecule has 0 unspecified atom stereocenters.